The summed E-state index contributed by atoms with van der Waals surface area (Å²) in [5.74, 6) is 0.316. The minimum atomic E-state index is -0.0246. The normalized spacial score (nSPS) is 20.2. The maximum absolute atomic E-state index is 12.5. The van der Waals surface area contributed by atoms with E-state index in [1.807, 2.05) is 37.1 Å². The van der Waals surface area contributed by atoms with E-state index in [9.17, 15) is 9.59 Å². The van der Waals surface area contributed by atoms with Gasteiger partial charge in [0.25, 0.3) is 0 Å². The molecule has 0 bridgehead atoms. The molecule has 1 aliphatic rings. The first-order chi connectivity index (χ1) is 11.9. The van der Waals surface area contributed by atoms with E-state index < -0.39 is 0 Å². The number of anilines is 1. The lowest BCUT2D eigenvalue weighted by Gasteiger charge is -2.30. The number of nitrogens with one attached hydrogen (secondary N) is 1. The van der Waals surface area contributed by atoms with Gasteiger partial charge in [-0.3, -0.25) is 9.59 Å². The molecule has 0 spiro atoms. The molecule has 25 heavy (non-hydrogen) atoms. The molecule has 1 aliphatic carbocycles. The van der Waals surface area contributed by atoms with Gasteiger partial charge < -0.3 is 10.2 Å². The van der Waals surface area contributed by atoms with E-state index in [1.54, 1.807) is 0 Å². The molecule has 1 N–H and O–H groups in total. The Balaban J connectivity index is 1.86. The third-order valence-corrected chi connectivity index (χ3v) is 5.61. The van der Waals surface area contributed by atoms with Gasteiger partial charge in [0.15, 0.2) is 0 Å². The Labute approximate surface area is 155 Å². The van der Waals surface area contributed by atoms with Gasteiger partial charge in [-0.15, -0.1) is 0 Å². The fourth-order valence-corrected chi connectivity index (χ4v) is 3.57. The van der Waals surface area contributed by atoms with E-state index in [0.29, 0.717) is 5.02 Å². The van der Waals surface area contributed by atoms with Crippen LogP contribution in [0.2, 0.25) is 5.02 Å². The molecule has 0 radical (unpaired) electrons. The Morgan fingerprint density at radius 1 is 1.20 bits per heavy atom. The second kappa shape index (κ2) is 9.23. The summed E-state index contributed by atoms with van der Waals surface area (Å²) in [6.07, 6.45) is 5.25. The number of hydrogen-bond donors (Lipinski definition) is 1. The number of amides is 2. The monoisotopic (exact) mass is 364 g/mol. The van der Waals surface area contributed by atoms with Gasteiger partial charge in [0.05, 0.1) is 0 Å². The van der Waals surface area contributed by atoms with E-state index in [4.69, 9.17) is 11.6 Å². The molecule has 4 nitrogen and oxygen atoms in total. The van der Waals surface area contributed by atoms with Gasteiger partial charge in [0, 0.05) is 36.1 Å². The summed E-state index contributed by atoms with van der Waals surface area (Å²) in [7, 11) is 1.89. The zero-order valence-electron chi connectivity index (χ0n) is 15.5. The Kier molecular flexibility index (Phi) is 7.30. The number of unbranched alkanes of at least 4 members (excludes halogenated alkanes) is 1. The summed E-state index contributed by atoms with van der Waals surface area (Å²) >= 11 is 6.11. The van der Waals surface area contributed by atoms with Crippen molar-refractivity contribution < 1.29 is 9.59 Å². The third kappa shape index (κ3) is 5.21. The molecule has 1 aromatic rings. The van der Waals surface area contributed by atoms with Crippen LogP contribution in [0.15, 0.2) is 18.2 Å². The Morgan fingerprint density at radius 3 is 2.48 bits per heavy atom. The van der Waals surface area contributed by atoms with Crippen LogP contribution in [0, 0.1) is 18.8 Å². The van der Waals surface area contributed by atoms with Crippen LogP contribution in [-0.4, -0.2) is 30.3 Å². The average molecular weight is 365 g/mol. The molecular formula is C20H29ClN2O2. The van der Waals surface area contributed by atoms with Gasteiger partial charge in [-0.05, 0) is 56.7 Å². The lowest BCUT2D eigenvalue weighted by atomic mass is 9.81. The molecule has 0 heterocycles. The van der Waals surface area contributed by atoms with E-state index in [2.05, 4.69) is 12.2 Å². The lowest BCUT2D eigenvalue weighted by molar-refractivity contribution is -0.136. The quantitative estimate of drug-likeness (QED) is 0.798. The number of carbonyl (C=O) groups excluding carboxylic acids is 2. The summed E-state index contributed by atoms with van der Waals surface area (Å²) in [6, 6.07) is 5.53. The molecule has 1 saturated carbocycles. The molecule has 0 aliphatic heterocycles. The summed E-state index contributed by atoms with van der Waals surface area (Å²) in [5, 5.41) is 3.65. The van der Waals surface area contributed by atoms with Gasteiger partial charge in [-0.1, -0.05) is 31.0 Å². The Bertz CT molecular complexity index is 610. The van der Waals surface area contributed by atoms with Crippen LogP contribution in [0.4, 0.5) is 5.69 Å². The standard InChI is InChI=1S/C20H29ClN2O2/c1-4-5-13-23(3)20(25)16-11-9-15(10-12-16)19(24)22-18-8-6-7-17(21)14(18)2/h6-8,15-16H,4-5,9-13H2,1-3H3,(H,22,24). The number of nitrogens with zero attached hydrogens (tertiary/aromatic N) is 1. The third-order valence-electron chi connectivity index (χ3n) is 5.20. The minimum absolute atomic E-state index is 0.0246. The van der Waals surface area contributed by atoms with Gasteiger partial charge in [0.1, 0.15) is 0 Å². The smallest absolute Gasteiger partial charge is 0.227 e. The highest BCUT2D eigenvalue weighted by Crippen LogP contribution is 2.31. The number of carbonyl (C=O) groups is 2. The van der Waals surface area contributed by atoms with Crippen molar-refractivity contribution in [1.82, 2.24) is 4.90 Å². The van der Waals surface area contributed by atoms with Gasteiger partial charge in [-0.2, -0.15) is 0 Å². The highest BCUT2D eigenvalue weighted by Gasteiger charge is 2.31. The molecule has 0 unspecified atom stereocenters. The molecule has 0 aromatic heterocycles. The lowest BCUT2D eigenvalue weighted by Crippen LogP contribution is -2.37. The Hall–Kier alpha value is -1.55. The molecule has 2 rings (SSSR count). The molecule has 0 atom stereocenters. The molecule has 138 valence electrons. The maximum atomic E-state index is 12.5. The summed E-state index contributed by atoms with van der Waals surface area (Å²) in [6.45, 7) is 4.85. The molecule has 1 aromatic carbocycles. The van der Waals surface area contributed by atoms with Crippen molar-refractivity contribution in [3.63, 3.8) is 0 Å². The van der Waals surface area contributed by atoms with Crippen molar-refractivity contribution in [3.05, 3.63) is 28.8 Å². The molecule has 1 fully saturated rings. The van der Waals surface area contributed by atoms with Crippen LogP contribution < -0.4 is 5.32 Å². The highest BCUT2D eigenvalue weighted by atomic mass is 35.5. The average Bonchev–Trinajstić information content (AvgIpc) is 2.63. The number of rotatable bonds is 6. The van der Waals surface area contributed by atoms with Crippen molar-refractivity contribution in [3.8, 4) is 0 Å². The van der Waals surface area contributed by atoms with Crippen LogP contribution >= 0.6 is 11.6 Å². The number of halogens is 1. The van der Waals surface area contributed by atoms with Crippen LogP contribution in [0.25, 0.3) is 0 Å². The van der Waals surface area contributed by atoms with Crippen LogP contribution in [-0.2, 0) is 9.59 Å². The first kappa shape index (κ1) is 19.8. The van der Waals surface area contributed by atoms with Crippen LogP contribution in [0.1, 0.15) is 51.0 Å². The highest BCUT2D eigenvalue weighted by molar-refractivity contribution is 6.31. The first-order valence-electron chi connectivity index (χ1n) is 9.25. The van der Waals surface area contributed by atoms with Crippen molar-refractivity contribution in [2.24, 2.45) is 11.8 Å². The predicted octanol–water partition coefficient (Wildman–Crippen LogP) is 4.65. The van der Waals surface area contributed by atoms with Gasteiger partial charge in [0.2, 0.25) is 11.8 Å². The molecular weight excluding hydrogens is 336 g/mol. The summed E-state index contributed by atoms with van der Waals surface area (Å²) < 4.78 is 0. The molecule has 5 heteroatoms. The van der Waals surface area contributed by atoms with Crippen molar-refractivity contribution in [2.45, 2.75) is 52.4 Å². The molecule has 2 amide bonds. The second-order valence-corrected chi connectivity index (χ2v) is 7.47. The fraction of sp³-hybridized carbons (Fsp3) is 0.600. The summed E-state index contributed by atoms with van der Waals surface area (Å²) in [4.78, 5) is 26.8. The van der Waals surface area contributed by atoms with Crippen molar-refractivity contribution in [2.75, 3.05) is 18.9 Å². The Morgan fingerprint density at radius 2 is 1.84 bits per heavy atom. The van der Waals surface area contributed by atoms with Crippen molar-refractivity contribution >= 4 is 29.1 Å². The maximum Gasteiger partial charge on any atom is 0.227 e. The van der Waals surface area contributed by atoms with E-state index in [1.165, 1.54) is 0 Å². The van der Waals surface area contributed by atoms with E-state index in [-0.39, 0.29) is 23.7 Å². The number of hydrogen-bond acceptors (Lipinski definition) is 2. The molecule has 0 saturated heterocycles. The predicted molar refractivity (Wildman–Crippen MR) is 103 cm³/mol. The minimum Gasteiger partial charge on any atom is -0.346 e. The van der Waals surface area contributed by atoms with E-state index >= 15 is 0 Å². The van der Waals surface area contributed by atoms with Crippen molar-refractivity contribution in [1.29, 1.82) is 0 Å². The van der Waals surface area contributed by atoms with E-state index in [0.717, 1.165) is 56.3 Å². The van der Waals surface area contributed by atoms with Crippen LogP contribution in [0.5, 0.6) is 0 Å². The van der Waals surface area contributed by atoms with Gasteiger partial charge >= 0.3 is 0 Å². The van der Waals surface area contributed by atoms with Gasteiger partial charge in [-0.25, -0.2) is 0 Å². The SMILES string of the molecule is CCCCN(C)C(=O)C1CCC(C(=O)Nc2cccc(Cl)c2C)CC1. The zero-order chi connectivity index (χ0) is 18.4. The topological polar surface area (TPSA) is 49.4 Å². The second-order valence-electron chi connectivity index (χ2n) is 7.06. The van der Waals surface area contributed by atoms with Crippen LogP contribution in [0.3, 0.4) is 0 Å². The largest absolute Gasteiger partial charge is 0.346 e. The summed E-state index contributed by atoms with van der Waals surface area (Å²) in [5.41, 5.74) is 1.66. The first-order valence-corrected chi connectivity index (χ1v) is 9.62. The zero-order valence-corrected chi connectivity index (χ0v) is 16.2. The number of benzene rings is 1. The fourth-order valence-electron chi connectivity index (χ4n) is 3.40.